The molecule has 0 saturated carbocycles. The molecule has 3 aromatic rings. The number of nitrogens with two attached hydrogens (primary N) is 1. The van der Waals surface area contributed by atoms with E-state index in [0.29, 0.717) is 0 Å². The van der Waals surface area contributed by atoms with E-state index in [1.54, 1.807) is 12.4 Å². The zero-order valence-corrected chi connectivity index (χ0v) is 11.1. The van der Waals surface area contributed by atoms with Gasteiger partial charge in [-0.2, -0.15) is 0 Å². The molecule has 1 heterocycles. The van der Waals surface area contributed by atoms with Crippen molar-refractivity contribution in [2.24, 2.45) is 5.84 Å². The molecule has 5 heteroatoms. The molecule has 1 atom stereocenters. The van der Waals surface area contributed by atoms with Crippen LogP contribution in [-0.2, 0) is 0 Å². The van der Waals surface area contributed by atoms with Gasteiger partial charge >= 0.3 is 0 Å². The van der Waals surface area contributed by atoms with Gasteiger partial charge in [-0.05, 0) is 23.1 Å². The summed E-state index contributed by atoms with van der Waals surface area (Å²) in [6, 6.07) is 10.8. The molecule has 0 aliphatic heterocycles. The van der Waals surface area contributed by atoms with Crippen LogP contribution in [-0.4, -0.2) is 4.98 Å². The highest BCUT2D eigenvalue weighted by molar-refractivity contribution is 5.85. The lowest BCUT2D eigenvalue weighted by atomic mass is 9.94. The van der Waals surface area contributed by atoms with Crippen LogP contribution in [0.2, 0.25) is 0 Å². The van der Waals surface area contributed by atoms with Gasteiger partial charge in [0.25, 0.3) is 0 Å². The van der Waals surface area contributed by atoms with Crippen molar-refractivity contribution in [1.82, 2.24) is 10.4 Å². The van der Waals surface area contributed by atoms with Crippen LogP contribution in [0.15, 0.2) is 54.9 Å². The molecule has 0 aliphatic rings. The van der Waals surface area contributed by atoms with E-state index in [9.17, 15) is 8.78 Å². The summed E-state index contributed by atoms with van der Waals surface area (Å²) in [5.41, 5.74) is 3.46. The van der Waals surface area contributed by atoms with Crippen LogP contribution in [0.3, 0.4) is 0 Å². The van der Waals surface area contributed by atoms with Crippen molar-refractivity contribution in [3.8, 4) is 0 Å². The Hall–Kier alpha value is -2.37. The minimum atomic E-state index is -0.902. The summed E-state index contributed by atoms with van der Waals surface area (Å²) in [4.78, 5) is 4.09. The van der Waals surface area contributed by atoms with E-state index in [1.807, 2.05) is 24.3 Å². The fraction of sp³-hybridized carbons (Fsp3) is 0.0625. The Kier molecular flexibility index (Phi) is 3.60. The minimum absolute atomic E-state index is 0.161. The number of nitrogens with one attached hydrogen (secondary N) is 1. The molecule has 0 bridgehead atoms. The van der Waals surface area contributed by atoms with Crippen LogP contribution in [0.25, 0.3) is 10.8 Å². The molecule has 2 aromatic carbocycles. The van der Waals surface area contributed by atoms with Gasteiger partial charge in [0.05, 0.1) is 6.04 Å². The lowest BCUT2D eigenvalue weighted by Crippen LogP contribution is -2.30. The summed E-state index contributed by atoms with van der Waals surface area (Å²) in [5.74, 6) is 3.79. The summed E-state index contributed by atoms with van der Waals surface area (Å²) in [6.07, 6.45) is 3.37. The largest absolute Gasteiger partial charge is 0.271 e. The lowest BCUT2D eigenvalue weighted by Gasteiger charge is -2.19. The average Bonchev–Trinajstić information content (AvgIpc) is 2.52. The van der Waals surface area contributed by atoms with Crippen molar-refractivity contribution in [2.45, 2.75) is 6.04 Å². The van der Waals surface area contributed by atoms with Crippen molar-refractivity contribution in [3.63, 3.8) is 0 Å². The van der Waals surface area contributed by atoms with Crippen LogP contribution in [0.4, 0.5) is 8.78 Å². The number of nitrogens with zero attached hydrogens (tertiary/aromatic N) is 1. The number of rotatable bonds is 3. The number of aromatic nitrogens is 1. The van der Waals surface area contributed by atoms with E-state index in [0.717, 1.165) is 22.4 Å². The van der Waals surface area contributed by atoms with Gasteiger partial charge in [0.15, 0.2) is 11.6 Å². The Morgan fingerprint density at radius 3 is 2.57 bits per heavy atom. The molecule has 0 saturated heterocycles. The Morgan fingerprint density at radius 2 is 1.76 bits per heavy atom. The molecule has 1 aromatic heterocycles. The van der Waals surface area contributed by atoms with Gasteiger partial charge in [-0.15, -0.1) is 0 Å². The predicted octanol–water partition coefficient (Wildman–Crippen LogP) is 3.07. The fourth-order valence-electron chi connectivity index (χ4n) is 2.48. The summed E-state index contributed by atoms with van der Waals surface area (Å²) in [7, 11) is 0. The quantitative estimate of drug-likeness (QED) is 0.574. The maximum atomic E-state index is 14.0. The zero-order valence-electron chi connectivity index (χ0n) is 11.1. The molecule has 0 spiro atoms. The number of benzene rings is 2. The van der Waals surface area contributed by atoms with Gasteiger partial charge in [-0.25, -0.2) is 14.2 Å². The molecular weight excluding hydrogens is 272 g/mol. The molecular formula is C16H13F2N3. The standard InChI is InChI=1S/C16H13F2N3/c17-14-6-2-5-12(15(14)18)16(21-19)11-4-1-3-10-7-8-20-9-13(10)11/h1-9,16,21H,19H2. The molecule has 0 aliphatic carbocycles. The molecule has 0 radical (unpaired) electrons. The van der Waals surface area contributed by atoms with Crippen LogP contribution in [0.5, 0.6) is 0 Å². The van der Waals surface area contributed by atoms with Crippen LogP contribution < -0.4 is 11.3 Å². The van der Waals surface area contributed by atoms with Crippen LogP contribution in [0, 0.1) is 11.6 Å². The van der Waals surface area contributed by atoms with E-state index in [2.05, 4.69) is 10.4 Å². The summed E-state index contributed by atoms with van der Waals surface area (Å²) < 4.78 is 27.5. The SMILES string of the molecule is NNC(c1cccc(F)c1F)c1cccc2ccncc12. The molecule has 0 fully saturated rings. The number of hydrogen-bond acceptors (Lipinski definition) is 3. The first-order chi connectivity index (χ1) is 10.2. The third-order valence-corrected chi connectivity index (χ3v) is 3.49. The molecule has 3 nitrogen and oxygen atoms in total. The summed E-state index contributed by atoms with van der Waals surface area (Å²) >= 11 is 0. The maximum Gasteiger partial charge on any atom is 0.163 e. The van der Waals surface area contributed by atoms with Crippen LogP contribution in [0.1, 0.15) is 17.2 Å². The average molecular weight is 285 g/mol. The van der Waals surface area contributed by atoms with Crippen molar-refractivity contribution in [2.75, 3.05) is 0 Å². The summed E-state index contributed by atoms with van der Waals surface area (Å²) in [6.45, 7) is 0. The minimum Gasteiger partial charge on any atom is -0.271 e. The topological polar surface area (TPSA) is 50.9 Å². The zero-order chi connectivity index (χ0) is 14.8. The molecule has 106 valence electrons. The second-order valence-electron chi connectivity index (χ2n) is 4.69. The monoisotopic (exact) mass is 285 g/mol. The molecule has 3 rings (SSSR count). The normalized spacial score (nSPS) is 12.5. The van der Waals surface area contributed by atoms with Crippen molar-refractivity contribution >= 4 is 10.8 Å². The van der Waals surface area contributed by atoms with Gasteiger partial charge in [-0.1, -0.05) is 30.3 Å². The van der Waals surface area contributed by atoms with Gasteiger partial charge in [0.1, 0.15) is 0 Å². The Bertz CT molecular complexity index is 784. The molecule has 21 heavy (non-hydrogen) atoms. The number of halogens is 2. The first-order valence-electron chi connectivity index (χ1n) is 6.45. The number of fused-ring (bicyclic) bond motifs is 1. The van der Waals surface area contributed by atoms with E-state index >= 15 is 0 Å². The maximum absolute atomic E-state index is 14.0. The van der Waals surface area contributed by atoms with Gasteiger partial charge in [0.2, 0.25) is 0 Å². The van der Waals surface area contributed by atoms with E-state index < -0.39 is 17.7 Å². The number of hydrogen-bond donors (Lipinski definition) is 2. The third-order valence-electron chi connectivity index (χ3n) is 3.49. The molecule has 0 amide bonds. The van der Waals surface area contributed by atoms with Crippen molar-refractivity contribution in [1.29, 1.82) is 0 Å². The second kappa shape index (κ2) is 5.55. The van der Waals surface area contributed by atoms with Gasteiger partial charge < -0.3 is 0 Å². The Morgan fingerprint density at radius 1 is 1.00 bits per heavy atom. The summed E-state index contributed by atoms with van der Waals surface area (Å²) in [5, 5.41) is 1.80. The third kappa shape index (κ3) is 2.37. The fourth-order valence-corrected chi connectivity index (χ4v) is 2.48. The van der Waals surface area contributed by atoms with E-state index in [1.165, 1.54) is 12.1 Å². The highest BCUT2D eigenvalue weighted by Crippen LogP contribution is 2.30. The molecule has 1 unspecified atom stereocenters. The van der Waals surface area contributed by atoms with E-state index in [4.69, 9.17) is 5.84 Å². The highest BCUT2D eigenvalue weighted by atomic mass is 19.2. The second-order valence-corrected chi connectivity index (χ2v) is 4.69. The first kappa shape index (κ1) is 13.6. The molecule has 3 N–H and O–H groups in total. The van der Waals surface area contributed by atoms with E-state index in [-0.39, 0.29) is 5.56 Å². The van der Waals surface area contributed by atoms with Crippen molar-refractivity contribution in [3.05, 3.63) is 77.6 Å². The van der Waals surface area contributed by atoms with Gasteiger partial charge in [-0.3, -0.25) is 10.8 Å². The Labute approximate surface area is 120 Å². The first-order valence-corrected chi connectivity index (χ1v) is 6.45. The highest BCUT2D eigenvalue weighted by Gasteiger charge is 2.20. The van der Waals surface area contributed by atoms with Crippen LogP contribution >= 0.6 is 0 Å². The smallest absolute Gasteiger partial charge is 0.163 e. The van der Waals surface area contributed by atoms with Gasteiger partial charge in [0, 0.05) is 23.3 Å². The Balaban J connectivity index is 2.21. The predicted molar refractivity (Wildman–Crippen MR) is 77.3 cm³/mol. The number of pyridine rings is 1. The number of hydrazine groups is 1. The van der Waals surface area contributed by atoms with Crippen molar-refractivity contribution < 1.29 is 8.78 Å². The lowest BCUT2D eigenvalue weighted by molar-refractivity contribution is 0.483.